The predicted molar refractivity (Wildman–Crippen MR) is 145 cm³/mol. The lowest BCUT2D eigenvalue weighted by molar-refractivity contribution is -0.145. The maximum atomic E-state index is 11.7. The first-order valence-electron chi connectivity index (χ1n) is 13.9. The van der Waals surface area contributed by atoms with Gasteiger partial charge in [-0.05, 0) is 0 Å². The van der Waals surface area contributed by atoms with E-state index in [-0.39, 0.29) is 38.8 Å². The third-order valence-electron chi connectivity index (χ3n) is 4.99. The monoisotopic (exact) mass is 587 g/mol. The van der Waals surface area contributed by atoms with Crippen LogP contribution in [-0.2, 0) is 52.2 Å². The summed E-state index contributed by atoms with van der Waals surface area (Å²) >= 11 is 0. The summed E-state index contributed by atoms with van der Waals surface area (Å²) in [6.07, 6.45) is 0.197. The quantitative estimate of drug-likeness (QED) is 0.0698. The zero-order valence-electron chi connectivity index (χ0n) is 24.3. The Morgan fingerprint density at radius 3 is 1.07 bits per heavy atom. The standard InChI is InChI=1S/C26H53NO13/c1-31-8-9-32-10-11-33-12-13-34-14-15-35-16-17-36-18-19-37-20-21-38-22-23-39-24-25-40-26(30)2-3-27(4-6-28)5-7-29/h28-29H,2-25H2,1H3. The summed E-state index contributed by atoms with van der Waals surface area (Å²) in [5.41, 5.74) is 0. The molecule has 14 heteroatoms. The van der Waals surface area contributed by atoms with Crippen LogP contribution < -0.4 is 0 Å². The molecule has 0 spiro atoms. The number of carbonyl (C=O) groups excluding carboxylic acids is 1. The number of hydrogen-bond acceptors (Lipinski definition) is 14. The summed E-state index contributed by atoms with van der Waals surface area (Å²) in [4.78, 5) is 13.5. The van der Waals surface area contributed by atoms with E-state index in [1.165, 1.54) is 0 Å². The molecular formula is C26H53NO13. The van der Waals surface area contributed by atoms with Gasteiger partial charge in [-0.1, -0.05) is 0 Å². The van der Waals surface area contributed by atoms with Crippen molar-refractivity contribution in [2.24, 2.45) is 0 Å². The molecule has 0 aromatic carbocycles. The maximum Gasteiger partial charge on any atom is 0.307 e. The summed E-state index contributed by atoms with van der Waals surface area (Å²) in [5, 5.41) is 17.9. The molecule has 0 saturated carbocycles. The summed E-state index contributed by atoms with van der Waals surface area (Å²) in [5.74, 6) is -0.339. The van der Waals surface area contributed by atoms with Crippen molar-refractivity contribution in [1.82, 2.24) is 4.90 Å². The van der Waals surface area contributed by atoms with Gasteiger partial charge in [-0.15, -0.1) is 0 Å². The van der Waals surface area contributed by atoms with Crippen LogP contribution in [0.4, 0.5) is 0 Å². The molecule has 0 aliphatic carbocycles. The third kappa shape index (κ3) is 31.5. The van der Waals surface area contributed by atoms with Crippen LogP contribution in [0.15, 0.2) is 0 Å². The van der Waals surface area contributed by atoms with E-state index in [0.717, 1.165) is 0 Å². The van der Waals surface area contributed by atoms with Gasteiger partial charge in [0, 0.05) is 26.7 Å². The zero-order chi connectivity index (χ0) is 29.2. The molecule has 2 N–H and O–H groups in total. The number of aliphatic hydroxyl groups excluding tert-OH is 2. The van der Waals surface area contributed by atoms with Crippen LogP contribution in [0.25, 0.3) is 0 Å². The van der Waals surface area contributed by atoms with E-state index in [0.29, 0.717) is 125 Å². The van der Waals surface area contributed by atoms with Gasteiger partial charge < -0.3 is 57.6 Å². The highest BCUT2D eigenvalue weighted by Crippen LogP contribution is 1.94. The molecule has 0 rings (SSSR count). The Labute approximate surface area is 239 Å². The largest absolute Gasteiger partial charge is 0.463 e. The van der Waals surface area contributed by atoms with Crippen LogP contribution >= 0.6 is 0 Å². The summed E-state index contributed by atoms with van der Waals surface area (Å²) in [6.45, 7) is 9.64. The van der Waals surface area contributed by atoms with Crippen LogP contribution in [-0.4, -0.2) is 180 Å². The fraction of sp³-hybridized carbons (Fsp3) is 0.962. The first-order chi connectivity index (χ1) is 19.7. The lowest BCUT2D eigenvalue weighted by atomic mass is 10.3. The van der Waals surface area contributed by atoms with Gasteiger partial charge in [-0.25, -0.2) is 0 Å². The van der Waals surface area contributed by atoms with Crippen molar-refractivity contribution in [3.05, 3.63) is 0 Å². The highest BCUT2D eigenvalue weighted by atomic mass is 16.6. The minimum absolute atomic E-state index is 0.0225. The minimum Gasteiger partial charge on any atom is -0.463 e. The van der Waals surface area contributed by atoms with E-state index in [4.69, 9.17) is 57.6 Å². The van der Waals surface area contributed by atoms with Gasteiger partial charge >= 0.3 is 5.97 Å². The molecule has 14 nitrogen and oxygen atoms in total. The van der Waals surface area contributed by atoms with Gasteiger partial charge in [0.25, 0.3) is 0 Å². The van der Waals surface area contributed by atoms with Crippen molar-refractivity contribution < 1.29 is 62.4 Å². The Morgan fingerprint density at radius 1 is 0.475 bits per heavy atom. The van der Waals surface area contributed by atoms with E-state index in [9.17, 15) is 4.79 Å². The first-order valence-corrected chi connectivity index (χ1v) is 13.9. The number of esters is 1. The van der Waals surface area contributed by atoms with E-state index in [1.54, 1.807) is 12.0 Å². The van der Waals surface area contributed by atoms with Crippen molar-refractivity contribution in [2.75, 3.05) is 159 Å². The fourth-order valence-electron chi connectivity index (χ4n) is 2.94. The zero-order valence-corrected chi connectivity index (χ0v) is 24.3. The second-order valence-corrected chi connectivity index (χ2v) is 8.15. The molecule has 240 valence electrons. The van der Waals surface area contributed by atoms with Gasteiger partial charge in [0.05, 0.1) is 132 Å². The topological polar surface area (TPSA) is 153 Å². The second kappa shape index (κ2) is 34.2. The predicted octanol–water partition coefficient (Wildman–Crippen LogP) is -1.01. The number of methoxy groups -OCH3 is 1. The number of ether oxygens (including phenoxy) is 10. The Hall–Kier alpha value is -1.01. The molecular weight excluding hydrogens is 534 g/mol. The number of hydrogen-bond donors (Lipinski definition) is 2. The Kier molecular flexibility index (Phi) is 33.3. The Balaban J connectivity index is 3.18. The summed E-state index contributed by atoms with van der Waals surface area (Å²) in [7, 11) is 1.64. The smallest absolute Gasteiger partial charge is 0.307 e. The van der Waals surface area contributed by atoms with Crippen molar-refractivity contribution in [2.45, 2.75) is 6.42 Å². The molecule has 0 aromatic heterocycles. The van der Waals surface area contributed by atoms with E-state index >= 15 is 0 Å². The average molecular weight is 588 g/mol. The third-order valence-corrected chi connectivity index (χ3v) is 4.99. The molecule has 0 unspecified atom stereocenters. The van der Waals surface area contributed by atoms with Crippen LogP contribution in [0, 0.1) is 0 Å². The van der Waals surface area contributed by atoms with Gasteiger partial charge in [-0.3, -0.25) is 9.69 Å². The molecule has 0 amide bonds. The van der Waals surface area contributed by atoms with Crippen molar-refractivity contribution in [1.29, 1.82) is 0 Å². The van der Waals surface area contributed by atoms with Gasteiger partial charge in [-0.2, -0.15) is 0 Å². The maximum absolute atomic E-state index is 11.7. The molecule has 0 fully saturated rings. The Morgan fingerprint density at radius 2 is 0.775 bits per heavy atom. The number of carbonyl (C=O) groups is 1. The summed E-state index contributed by atoms with van der Waals surface area (Å²) < 4.78 is 53.1. The lowest BCUT2D eigenvalue weighted by Crippen LogP contribution is -2.32. The van der Waals surface area contributed by atoms with Crippen molar-refractivity contribution >= 4 is 5.97 Å². The van der Waals surface area contributed by atoms with E-state index < -0.39 is 0 Å². The van der Waals surface area contributed by atoms with Crippen molar-refractivity contribution in [3.63, 3.8) is 0 Å². The number of aliphatic hydroxyl groups is 2. The SMILES string of the molecule is COCCOCCOCCOCCOCCOCCOCCOCCOCCOC(=O)CCN(CCO)CCO. The van der Waals surface area contributed by atoms with Crippen molar-refractivity contribution in [3.8, 4) is 0 Å². The number of rotatable bonds is 34. The van der Waals surface area contributed by atoms with E-state index in [1.807, 2.05) is 0 Å². The highest BCUT2D eigenvalue weighted by molar-refractivity contribution is 5.69. The van der Waals surface area contributed by atoms with Crippen LogP contribution in [0.3, 0.4) is 0 Å². The lowest BCUT2D eigenvalue weighted by Gasteiger charge is -2.19. The average Bonchev–Trinajstić information content (AvgIpc) is 2.95. The second-order valence-electron chi connectivity index (χ2n) is 8.15. The normalized spacial score (nSPS) is 11.5. The van der Waals surface area contributed by atoms with Crippen LogP contribution in [0.1, 0.15) is 6.42 Å². The molecule has 0 saturated heterocycles. The molecule has 0 heterocycles. The highest BCUT2D eigenvalue weighted by Gasteiger charge is 2.08. The summed E-state index contributed by atoms with van der Waals surface area (Å²) in [6, 6.07) is 0. The fourth-order valence-corrected chi connectivity index (χ4v) is 2.94. The molecule has 0 atom stereocenters. The molecule has 0 aliphatic heterocycles. The molecule has 0 bridgehead atoms. The van der Waals surface area contributed by atoms with Gasteiger partial charge in [0.15, 0.2) is 0 Å². The molecule has 0 aromatic rings. The number of nitrogens with zero attached hydrogens (tertiary/aromatic N) is 1. The minimum atomic E-state index is -0.339. The van der Waals surface area contributed by atoms with E-state index in [2.05, 4.69) is 0 Å². The van der Waals surface area contributed by atoms with Crippen LogP contribution in [0.5, 0.6) is 0 Å². The van der Waals surface area contributed by atoms with Gasteiger partial charge in [0.2, 0.25) is 0 Å². The molecule has 0 radical (unpaired) electrons. The molecule has 40 heavy (non-hydrogen) atoms. The Bertz CT molecular complexity index is 499. The molecule has 0 aliphatic rings. The van der Waals surface area contributed by atoms with Crippen LogP contribution in [0.2, 0.25) is 0 Å². The first kappa shape index (κ1) is 39.0. The van der Waals surface area contributed by atoms with Gasteiger partial charge in [0.1, 0.15) is 6.61 Å².